The fourth-order valence-corrected chi connectivity index (χ4v) is 10.5. The van der Waals surface area contributed by atoms with Crippen molar-refractivity contribution < 1.29 is 57.5 Å². The summed E-state index contributed by atoms with van der Waals surface area (Å²) < 4.78 is 4.12. The van der Waals surface area contributed by atoms with Gasteiger partial charge < -0.3 is 69.8 Å². The van der Waals surface area contributed by atoms with Crippen LogP contribution in [0.1, 0.15) is 92.1 Å². The number of hydrogen-bond acceptors (Lipinski definition) is 15. The Balaban J connectivity index is 2.12. The zero-order valence-electron chi connectivity index (χ0n) is 41.8. The van der Waals surface area contributed by atoms with Gasteiger partial charge in [-0.05, 0) is 69.1 Å². The smallest absolute Gasteiger partial charge is 0.246 e. The Kier molecular flexibility index (Phi) is 23.5. The molecular formula is C46H72N12O12S2. The molecule has 0 saturated carbocycles. The highest BCUT2D eigenvalue weighted by molar-refractivity contribution is 8.77. The number of benzene rings is 1. The number of hydrogen-bond donors (Lipinski definition) is 11. The number of likely N-dealkylation sites (tertiary alicyclic amines) is 1. The summed E-state index contributed by atoms with van der Waals surface area (Å²) in [6.45, 7) is 9.95. The highest BCUT2D eigenvalue weighted by atomic mass is 33.1. The van der Waals surface area contributed by atoms with Crippen molar-refractivity contribution in [2.24, 2.45) is 34.8 Å². The van der Waals surface area contributed by atoms with Crippen LogP contribution in [0.3, 0.4) is 0 Å². The molecule has 0 aromatic heterocycles. The Labute approximate surface area is 427 Å². The Morgan fingerprint density at radius 2 is 1.43 bits per heavy atom. The van der Waals surface area contributed by atoms with E-state index in [0.717, 1.165) is 21.6 Å². The molecule has 0 radical (unpaired) electrons. The molecule has 72 heavy (non-hydrogen) atoms. The van der Waals surface area contributed by atoms with E-state index in [1.54, 1.807) is 52.0 Å². The Bertz CT molecular complexity index is 2150. The number of rotatable bonds is 18. The predicted molar refractivity (Wildman–Crippen MR) is 268 cm³/mol. The van der Waals surface area contributed by atoms with Gasteiger partial charge in [0.1, 0.15) is 48.0 Å². The van der Waals surface area contributed by atoms with Crippen LogP contribution in [-0.2, 0) is 59.2 Å². The van der Waals surface area contributed by atoms with Crippen molar-refractivity contribution in [1.29, 1.82) is 0 Å². The van der Waals surface area contributed by atoms with E-state index < -0.39 is 143 Å². The number of nitrogens with two attached hydrogens (primary N) is 4. The first-order valence-corrected chi connectivity index (χ1v) is 26.0. The molecule has 1 aromatic carbocycles. The maximum absolute atomic E-state index is 14.7. The number of nitrogens with one attached hydrogen (secondary N) is 7. The second kappa shape index (κ2) is 28.2. The second-order valence-electron chi connectivity index (χ2n) is 18.9. The van der Waals surface area contributed by atoms with Gasteiger partial charge in [0.25, 0.3) is 0 Å². The van der Waals surface area contributed by atoms with E-state index in [-0.39, 0.29) is 43.9 Å². The molecule has 26 heteroatoms. The van der Waals surface area contributed by atoms with Crippen LogP contribution in [0, 0.1) is 11.8 Å². The summed E-state index contributed by atoms with van der Waals surface area (Å²) in [5.74, 6) is -9.64. The lowest BCUT2D eigenvalue weighted by Gasteiger charge is -2.33. The average Bonchev–Trinajstić information content (AvgIpc) is 3.82. The molecule has 11 amide bonds. The third-order valence-electron chi connectivity index (χ3n) is 12.1. The predicted octanol–water partition coefficient (Wildman–Crippen LogP) is -2.53. The van der Waals surface area contributed by atoms with Gasteiger partial charge in [0.2, 0.25) is 65.0 Å². The lowest BCUT2D eigenvalue weighted by atomic mass is 9.96. The topological polar surface area (TPSA) is 389 Å². The molecule has 2 aliphatic heterocycles. The van der Waals surface area contributed by atoms with Gasteiger partial charge in [0.05, 0.1) is 26.1 Å². The molecule has 400 valence electrons. The quantitative estimate of drug-likeness (QED) is 0.0676. The highest BCUT2D eigenvalue weighted by Crippen LogP contribution is 2.38. The minimum Gasteiger partial charge on any atom is -0.497 e. The molecule has 0 spiro atoms. The number of methoxy groups -OCH3 is 1. The van der Waals surface area contributed by atoms with Gasteiger partial charge in [-0.1, -0.05) is 67.8 Å². The largest absolute Gasteiger partial charge is 0.497 e. The number of carbonyl (C=O) groups excluding carboxylic acids is 11. The molecule has 2 aliphatic rings. The normalized spacial score (nSPS) is 24.5. The summed E-state index contributed by atoms with van der Waals surface area (Å²) in [5, 5.41) is 18.1. The molecule has 2 saturated heterocycles. The molecule has 1 aromatic rings. The van der Waals surface area contributed by atoms with Crippen LogP contribution in [0.5, 0.6) is 5.75 Å². The first kappa shape index (κ1) is 60.2. The van der Waals surface area contributed by atoms with Gasteiger partial charge >= 0.3 is 0 Å². The minimum atomic E-state index is -1.76. The number of primary amides is 3. The second-order valence-corrected chi connectivity index (χ2v) is 21.9. The van der Waals surface area contributed by atoms with Gasteiger partial charge in [-0.3, -0.25) is 52.7 Å². The lowest BCUT2D eigenvalue weighted by molar-refractivity contribution is -0.142. The summed E-state index contributed by atoms with van der Waals surface area (Å²) >= 11 is 0. The molecular weight excluding hydrogens is 977 g/mol. The van der Waals surface area contributed by atoms with Crippen molar-refractivity contribution in [1.82, 2.24) is 42.1 Å². The molecule has 0 unspecified atom stereocenters. The fraction of sp³-hybridized carbons (Fsp3) is 0.630. The zero-order chi connectivity index (χ0) is 54.0. The molecule has 0 aliphatic carbocycles. The van der Waals surface area contributed by atoms with Crippen LogP contribution in [0.2, 0.25) is 0 Å². The Hall–Kier alpha value is -6.15. The van der Waals surface area contributed by atoms with E-state index in [1.165, 1.54) is 12.0 Å². The molecule has 2 heterocycles. The van der Waals surface area contributed by atoms with E-state index in [9.17, 15) is 52.7 Å². The maximum Gasteiger partial charge on any atom is 0.246 e. The van der Waals surface area contributed by atoms with Crippen LogP contribution in [0.25, 0.3) is 0 Å². The first-order valence-electron chi connectivity index (χ1n) is 23.7. The number of nitrogens with zero attached hydrogens (tertiary/aromatic N) is 1. The minimum absolute atomic E-state index is 0.0476. The fourth-order valence-electron chi connectivity index (χ4n) is 7.76. The molecule has 3 rings (SSSR count). The monoisotopic (exact) mass is 1050 g/mol. The molecule has 0 bridgehead atoms. The van der Waals surface area contributed by atoms with Crippen molar-refractivity contribution in [3.63, 3.8) is 0 Å². The van der Waals surface area contributed by atoms with Gasteiger partial charge in [-0.15, -0.1) is 0 Å². The van der Waals surface area contributed by atoms with Crippen LogP contribution in [-0.4, -0.2) is 149 Å². The standard InChI is InChI=1S/C46H72N12O12S2/c1-8-24(4)36-43(67)52-27(15-16-33(47)59)39(63)53-30(20-34(48)60)40(64)56-31(45(69)58-17-9-10-32(58)42(66)54-28(18-23(2)3)38(62)51-21-35(49)61)22-71-72-46(5,6)37(50)44(68)55-29(41(65)57-36)19-25-11-13-26(70-7)14-12-25/h11-14,23-24,27-32,36-37H,8-10,15-22,50H2,1-7H3,(H2,47,59)(H2,48,60)(H2,49,61)(H,51,62)(H,52,67)(H,53,63)(H,54,66)(H,55,68)(H,56,64)(H,57,65)/t24-,27-,28-,29-,30-,31-,32-,36-,37-/m0/s1. The summed E-state index contributed by atoms with van der Waals surface area (Å²) in [6.07, 6.45) is -0.630. The lowest BCUT2D eigenvalue weighted by Crippen LogP contribution is -2.62. The van der Waals surface area contributed by atoms with Crippen LogP contribution in [0.4, 0.5) is 0 Å². The van der Waals surface area contributed by atoms with Gasteiger partial charge in [0, 0.05) is 29.9 Å². The van der Waals surface area contributed by atoms with E-state index in [2.05, 4.69) is 37.2 Å². The van der Waals surface area contributed by atoms with Crippen LogP contribution < -0.4 is 64.9 Å². The van der Waals surface area contributed by atoms with Crippen molar-refractivity contribution in [2.45, 2.75) is 146 Å². The third kappa shape index (κ3) is 18.5. The van der Waals surface area contributed by atoms with E-state index >= 15 is 0 Å². The SMILES string of the molecule is CC[C@H](C)[C@@H]1NC(=O)[C@H](Cc2ccc(OC)cc2)NC(=O)[C@H](N)C(C)(C)SSC[C@@H](C(=O)N2CCC[C@H]2C(=O)N[C@@H](CC(C)C)C(=O)NCC(N)=O)NC(=O)[C@H](CC(N)=O)NC(=O)[C@H](CCC(N)=O)NC1=O. The molecule has 15 N–H and O–H groups in total. The summed E-state index contributed by atoms with van der Waals surface area (Å²) in [6, 6.07) is -4.24. The Morgan fingerprint density at radius 3 is 2.01 bits per heavy atom. The Morgan fingerprint density at radius 1 is 0.819 bits per heavy atom. The summed E-state index contributed by atoms with van der Waals surface area (Å²) in [5.41, 5.74) is 23.4. The van der Waals surface area contributed by atoms with Gasteiger partial charge in [-0.2, -0.15) is 0 Å². The van der Waals surface area contributed by atoms with Gasteiger partial charge in [0.15, 0.2) is 0 Å². The first-order chi connectivity index (χ1) is 33.8. The van der Waals surface area contributed by atoms with Crippen LogP contribution >= 0.6 is 21.6 Å². The maximum atomic E-state index is 14.7. The van der Waals surface area contributed by atoms with E-state index in [1.807, 2.05) is 13.8 Å². The van der Waals surface area contributed by atoms with Crippen molar-refractivity contribution in [2.75, 3.05) is 26.0 Å². The van der Waals surface area contributed by atoms with Crippen molar-refractivity contribution in [3.05, 3.63) is 29.8 Å². The molecule has 24 nitrogen and oxygen atoms in total. The van der Waals surface area contributed by atoms with E-state index in [0.29, 0.717) is 24.2 Å². The van der Waals surface area contributed by atoms with Crippen LogP contribution in [0.15, 0.2) is 24.3 Å². The third-order valence-corrected chi connectivity index (χ3v) is 15.5. The molecule has 9 atom stereocenters. The number of ether oxygens (including phenoxy) is 1. The highest BCUT2D eigenvalue weighted by Gasteiger charge is 2.42. The number of carbonyl (C=O) groups is 11. The average molecular weight is 1050 g/mol. The zero-order valence-corrected chi connectivity index (χ0v) is 43.5. The van der Waals surface area contributed by atoms with E-state index in [4.69, 9.17) is 27.7 Å². The summed E-state index contributed by atoms with van der Waals surface area (Å²) in [4.78, 5) is 150. The summed E-state index contributed by atoms with van der Waals surface area (Å²) in [7, 11) is 3.60. The number of amides is 11. The van der Waals surface area contributed by atoms with Gasteiger partial charge in [-0.25, -0.2) is 0 Å². The molecule has 2 fully saturated rings. The van der Waals surface area contributed by atoms with Crippen molar-refractivity contribution in [3.8, 4) is 5.75 Å². The van der Waals surface area contributed by atoms with Crippen molar-refractivity contribution >= 4 is 86.6 Å².